The Bertz CT molecular complexity index is 602. The number of benzene rings is 1. The van der Waals surface area contributed by atoms with Gasteiger partial charge >= 0.3 is 0 Å². The first kappa shape index (κ1) is 14.6. The SMILES string of the molecule is Cc1ccc(N2C(=O)C3CCCCN3C(=O)C2C)c(Br)c1. The molecule has 0 saturated carbocycles. The first-order chi connectivity index (χ1) is 10.0. The molecule has 0 aliphatic carbocycles. The highest BCUT2D eigenvalue weighted by molar-refractivity contribution is 9.10. The van der Waals surface area contributed by atoms with E-state index < -0.39 is 6.04 Å². The van der Waals surface area contributed by atoms with Crippen LogP contribution in [-0.4, -0.2) is 35.3 Å². The third-order valence-corrected chi connectivity index (χ3v) is 5.05. The summed E-state index contributed by atoms with van der Waals surface area (Å²) in [5, 5.41) is 0. The molecule has 0 bridgehead atoms. The number of hydrogen-bond donors (Lipinski definition) is 0. The van der Waals surface area contributed by atoms with Crippen LogP contribution in [0, 0.1) is 6.92 Å². The van der Waals surface area contributed by atoms with Crippen LogP contribution in [0.15, 0.2) is 22.7 Å². The second-order valence-corrected chi connectivity index (χ2v) is 6.74. The Labute approximate surface area is 133 Å². The maximum absolute atomic E-state index is 12.9. The maximum atomic E-state index is 12.9. The van der Waals surface area contributed by atoms with Crippen molar-refractivity contribution >= 4 is 33.4 Å². The number of rotatable bonds is 1. The number of hydrogen-bond acceptors (Lipinski definition) is 2. The van der Waals surface area contributed by atoms with Gasteiger partial charge in [-0.25, -0.2) is 0 Å². The topological polar surface area (TPSA) is 40.6 Å². The highest BCUT2D eigenvalue weighted by Gasteiger charge is 2.45. The van der Waals surface area contributed by atoms with Gasteiger partial charge in [-0.3, -0.25) is 14.5 Å². The largest absolute Gasteiger partial charge is 0.329 e. The highest BCUT2D eigenvalue weighted by atomic mass is 79.9. The maximum Gasteiger partial charge on any atom is 0.250 e. The van der Waals surface area contributed by atoms with Crippen LogP contribution in [-0.2, 0) is 9.59 Å². The Morgan fingerprint density at radius 2 is 1.95 bits per heavy atom. The van der Waals surface area contributed by atoms with Gasteiger partial charge in [0.05, 0.1) is 5.69 Å². The van der Waals surface area contributed by atoms with Crippen LogP contribution in [0.3, 0.4) is 0 Å². The second kappa shape index (κ2) is 5.44. The molecule has 21 heavy (non-hydrogen) atoms. The van der Waals surface area contributed by atoms with Crippen molar-refractivity contribution in [2.45, 2.75) is 45.2 Å². The summed E-state index contributed by atoms with van der Waals surface area (Å²) in [6.07, 6.45) is 2.78. The van der Waals surface area contributed by atoms with E-state index in [0.29, 0.717) is 6.54 Å². The molecular weight excluding hydrogens is 332 g/mol. The van der Waals surface area contributed by atoms with E-state index in [4.69, 9.17) is 0 Å². The zero-order valence-corrected chi connectivity index (χ0v) is 13.9. The van der Waals surface area contributed by atoms with Crippen LogP contribution in [0.4, 0.5) is 5.69 Å². The van der Waals surface area contributed by atoms with Gasteiger partial charge in [-0.1, -0.05) is 6.07 Å². The Kier molecular flexibility index (Phi) is 3.78. The summed E-state index contributed by atoms with van der Waals surface area (Å²) in [7, 11) is 0. The van der Waals surface area contributed by atoms with Gasteiger partial charge in [-0.2, -0.15) is 0 Å². The number of carbonyl (C=O) groups excluding carboxylic acids is 2. The number of halogens is 1. The molecule has 0 N–H and O–H groups in total. The molecule has 0 spiro atoms. The first-order valence-electron chi connectivity index (χ1n) is 7.40. The van der Waals surface area contributed by atoms with E-state index in [0.717, 1.165) is 35.0 Å². The van der Waals surface area contributed by atoms with E-state index >= 15 is 0 Å². The smallest absolute Gasteiger partial charge is 0.250 e. The van der Waals surface area contributed by atoms with Crippen molar-refractivity contribution in [1.82, 2.24) is 4.90 Å². The Morgan fingerprint density at radius 1 is 1.19 bits per heavy atom. The van der Waals surface area contributed by atoms with Gasteiger partial charge in [0, 0.05) is 11.0 Å². The molecule has 112 valence electrons. The number of amides is 2. The lowest BCUT2D eigenvalue weighted by molar-refractivity contribution is -0.147. The van der Waals surface area contributed by atoms with E-state index in [1.54, 1.807) is 9.80 Å². The van der Waals surface area contributed by atoms with E-state index in [1.165, 1.54) is 0 Å². The minimum atomic E-state index is -0.439. The predicted molar refractivity (Wildman–Crippen MR) is 85.2 cm³/mol. The number of nitrogens with zero attached hydrogens (tertiary/aromatic N) is 2. The summed E-state index contributed by atoms with van der Waals surface area (Å²) in [6, 6.07) is 5.14. The number of anilines is 1. The lowest BCUT2D eigenvalue weighted by Crippen LogP contribution is -2.65. The zero-order valence-electron chi connectivity index (χ0n) is 12.3. The first-order valence-corrected chi connectivity index (χ1v) is 8.19. The number of aryl methyl sites for hydroxylation is 1. The van der Waals surface area contributed by atoms with E-state index in [-0.39, 0.29) is 17.9 Å². The summed E-state index contributed by atoms with van der Waals surface area (Å²) in [4.78, 5) is 28.9. The third kappa shape index (κ3) is 2.37. The monoisotopic (exact) mass is 350 g/mol. The molecule has 2 fully saturated rings. The summed E-state index contributed by atoms with van der Waals surface area (Å²) in [6.45, 7) is 4.53. The van der Waals surface area contributed by atoms with E-state index in [9.17, 15) is 9.59 Å². The standard InChI is InChI=1S/C16H19BrN2O2/c1-10-6-7-13(12(17)9-10)19-11(2)15(20)18-8-4-3-5-14(18)16(19)21/h6-7,9,11,14H,3-5,8H2,1-2H3. The van der Waals surface area contributed by atoms with Gasteiger partial charge in [0.1, 0.15) is 12.1 Å². The molecule has 3 rings (SSSR count). The molecule has 2 amide bonds. The van der Waals surface area contributed by atoms with Crippen molar-refractivity contribution in [3.8, 4) is 0 Å². The van der Waals surface area contributed by atoms with Gasteiger partial charge in [0.15, 0.2) is 0 Å². The summed E-state index contributed by atoms with van der Waals surface area (Å²) < 4.78 is 0.861. The van der Waals surface area contributed by atoms with Crippen molar-refractivity contribution < 1.29 is 9.59 Å². The number of carbonyl (C=O) groups is 2. The molecule has 0 aromatic heterocycles. The second-order valence-electron chi connectivity index (χ2n) is 5.88. The van der Waals surface area contributed by atoms with Crippen molar-refractivity contribution in [2.24, 2.45) is 0 Å². The fourth-order valence-corrected chi connectivity index (χ4v) is 3.97. The molecule has 1 aromatic rings. The van der Waals surface area contributed by atoms with Crippen molar-refractivity contribution in [2.75, 3.05) is 11.4 Å². The van der Waals surface area contributed by atoms with Crippen molar-refractivity contribution in [3.05, 3.63) is 28.2 Å². The Balaban J connectivity index is 2.01. The van der Waals surface area contributed by atoms with Crippen LogP contribution in [0.2, 0.25) is 0 Å². The molecule has 2 saturated heterocycles. The Morgan fingerprint density at radius 3 is 2.67 bits per heavy atom. The lowest BCUT2D eigenvalue weighted by Gasteiger charge is -2.46. The van der Waals surface area contributed by atoms with Crippen molar-refractivity contribution in [1.29, 1.82) is 0 Å². The molecule has 2 unspecified atom stereocenters. The number of piperazine rings is 1. The van der Waals surface area contributed by atoms with Crippen LogP contribution in [0.1, 0.15) is 31.7 Å². The van der Waals surface area contributed by atoms with Gasteiger partial charge in [0.2, 0.25) is 5.91 Å². The van der Waals surface area contributed by atoms with E-state index in [1.807, 2.05) is 32.0 Å². The number of piperidine rings is 1. The van der Waals surface area contributed by atoms with Gasteiger partial charge < -0.3 is 4.90 Å². The molecule has 1 aromatic carbocycles. The molecule has 2 aliphatic rings. The van der Waals surface area contributed by atoms with Gasteiger partial charge in [0.25, 0.3) is 5.91 Å². The summed E-state index contributed by atoms with van der Waals surface area (Å²) in [5.74, 6) is 0.109. The van der Waals surface area contributed by atoms with Crippen LogP contribution in [0.25, 0.3) is 0 Å². The molecule has 2 aliphatic heterocycles. The molecule has 5 heteroatoms. The molecule has 4 nitrogen and oxygen atoms in total. The van der Waals surface area contributed by atoms with Crippen molar-refractivity contribution in [3.63, 3.8) is 0 Å². The fourth-order valence-electron chi connectivity index (χ4n) is 3.29. The van der Waals surface area contributed by atoms with Crippen LogP contribution < -0.4 is 4.90 Å². The third-order valence-electron chi connectivity index (χ3n) is 4.42. The average Bonchev–Trinajstić information content (AvgIpc) is 2.47. The quantitative estimate of drug-likeness (QED) is 0.781. The van der Waals surface area contributed by atoms with Gasteiger partial charge in [-0.15, -0.1) is 0 Å². The summed E-state index contributed by atoms with van der Waals surface area (Å²) in [5.41, 5.74) is 1.91. The average molecular weight is 351 g/mol. The van der Waals surface area contributed by atoms with Crippen LogP contribution in [0.5, 0.6) is 0 Å². The van der Waals surface area contributed by atoms with Gasteiger partial charge in [-0.05, 0) is 66.7 Å². The fraction of sp³-hybridized carbons (Fsp3) is 0.500. The predicted octanol–water partition coefficient (Wildman–Crippen LogP) is 2.87. The Hall–Kier alpha value is -1.36. The number of fused-ring (bicyclic) bond motifs is 1. The molecule has 0 radical (unpaired) electrons. The normalized spacial score (nSPS) is 26.0. The lowest BCUT2D eigenvalue weighted by atomic mass is 9.95. The molecular formula is C16H19BrN2O2. The van der Waals surface area contributed by atoms with Crippen LogP contribution >= 0.6 is 15.9 Å². The highest BCUT2D eigenvalue weighted by Crippen LogP contribution is 2.34. The van der Waals surface area contributed by atoms with E-state index in [2.05, 4.69) is 15.9 Å². The summed E-state index contributed by atoms with van der Waals surface area (Å²) >= 11 is 3.53. The minimum absolute atomic E-state index is 0.0475. The zero-order chi connectivity index (χ0) is 15.1. The molecule has 2 atom stereocenters. The molecule has 2 heterocycles. The minimum Gasteiger partial charge on any atom is -0.329 e.